The van der Waals surface area contributed by atoms with Crippen molar-refractivity contribution in [2.24, 2.45) is 11.8 Å². The third-order valence-electron chi connectivity index (χ3n) is 6.52. The number of carbonyl (C=O) groups is 1. The molecule has 0 aliphatic rings. The first-order valence-electron chi connectivity index (χ1n) is 11.7. The summed E-state index contributed by atoms with van der Waals surface area (Å²) in [6.45, 7) is 14.5. The number of hydrogen-bond donors (Lipinski definition) is 0. The van der Waals surface area contributed by atoms with E-state index in [2.05, 4.69) is 46.4 Å². The summed E-state index contributed by atoms with van der Waals surface area (Å²) in [6, 6.07) is 8.39. The number of benzene rings is 1. The van der Waals surface area contributed by atoms with E-state index in [-0.39, 0.29) is 17.5 Å². The fraction of sp³-hybridized carbons (Fsp3) is 0.667. The Balaban J connectivity index is 3.24. The van der Waals surface area contributed by atoms with E-state index in [4.69, 9.17) is 14.2 Å². The predicted octanol–water partition coefficient (Wildman–Crippen LogP) is 7.07. The maximum atomic E-state index is 11.5. The minimum Gasteiger partial charge on any atom is -0.497 e. The molecule has 4 nitrogen and oxygen atoms in total. The van der Waals surface area contributed by atoms with Crippen molar-refractivity contribution in [3.8, 4) is 5.75 Å². The Bertz CT molecular complexity index is 662. The fourth-order valence-corrected chi connectivity index (χ4v) is 4.58. The average molecular weight is 433 g/mol. The van der Waals surface area contributed by atoms with Crippen LogP contribution in [-0.4, -0.2) is 26.3 Å². The second-order valence-electron chi connectivity index (χ2n) is 9.28. The third-order valence-corrected chi connectivity index (χ3v) is 6.52. The molecule has 1 aromatic carbocycles. The van der Waals surface area contributed by atoms with Gasteiger partial charge in [-0.15, -0.1) is 0 Å². The smallest absolute Gasteiger partial charge is 0.307 e. The van der Waals surface area contributed by atoms with E-state index in [0.29, 0.717) is 24.0 Å². The summed E-state index contributed by atoms with van der Waals surface area (Å²) < 4.78 is 16.4. The number of ether oxygens (including phenoxy) is 3. The van der Waals surface area contributed by atoms with Crippen LogP contribution in [0.5, 0.6) is 5.75 Å². The van der Waals surface area contributed by atoms with E-state index in [1.807, 2.05) is 12.1 Å². The first-order valence-corrected chi connectivity index (χ1v) is 11.7. The molecule has 0 heterocycles. The second kappa shape index (κ2) is 13.6. The average Bonchev–Trinajstić information content (AvgIpc) is 2.73. The number of unbranched alkanes of at least 4 members (excludes halogenated alkanes) is 3. The van der Waals surface area contributed by atoms with Crippen LogP contribution in [0, 0.1) is 11.8 Å². The van der Waals surface area contributed by atoms with Gasteiger partial charge in [0.05, 0.1) is 13.2 Å². The van der Waals surface area contributed by atoms with E-state index in [1.165, 1.54) is 38.2 Å². The van der Waals surface area contributed by atoms with Crippen LogP contribution in [0.15, 0.2) is 36.6 Å². The van der Waals surface area contributed by atoms with Crippen LogP contribution in [0.1, 0.15) is 85.1 Å². The highest BCUT2D eigenvalue weighted by molar-refractivity contribution is 5.67. The van der Waals surface area contributed by atoms with Crippen molar-refractivity contribution >= 4 is 5.97 Å². The van der Waals surface area contributed by atoms with Crippen LogP contribution in [0.3, 0.4) is 0 Å². The molecular formula is C27H44O4. The summed E-state index contributed by atoms with van der Waals surface area (Å²) in [5, 5.41) is 0. The van der Waals surface area contributed by atoms with E-state index < -0.39 is 0 Å². The zero-order valence-electron chi connectivity index (χ0n) is 20.8. The Labute approximate surface area is 190 Å². The monoisotopic (exact) mass is 432 g/mol. The largest absolute Gasteiger partial charge is 0.497 e. The molecule has 0 radical (unpaired) electrons. The molecule has 0 saturated heterocycles. The summed E-state index contributed by atoms with van der Waals surface area (Å²) in [7, 11) is 3.46. The highest BCUT2D eigenvalue weighted by Crippen LogP contribution is 2.44. The summed E-state index contributed by atoms with van der Waals surface area (Å²) >= 11 is 0. The number of allylic oxidation sites excluding steroid dienone is 1. The van der Waals surface area contributed by atoms with Crippen molar-refractivity contribution in [1.29, 1.82) is 0 Å². The minimum atomic E-state index is -0.300. The van der Waals surface area contributed by atoms with Gasteiger partial charge in [-0.1, -0.05) is 65.2 Å². The molecule has 1 aromatic rings. The minimum absolute atomic E-state index is 0.0923. The summed E-state index contributed by atoms with van der Waals surface area (Å²) in [6.07, 6.45) is 7.70. The van der Waals surface area contributed by atoms with E-state index in [0.717, 1.165) is 18.6 Å². The van der Waals surface area contributed by atoms with Gasteiger partial charge in [0.2, 0.25) is 0 Å². The maximum Gasteiger partial charge on any atom is 0.307 e. The molecule has 0 aliphatic heterocycles. The Morgan fingerprint density at radius 2 is 1.74 bits per heavy atom. The lowest BCUT2D eigenvalue weighted by atomic mass is 9.64. The Morgan fingerprint density at radius 1 is 1.10 bits per heavy atom. The van der Waals surface area contributed by atoms with Gasteiger partial charge in [-0.3, -0.25) is 4.79 Å². The molecule has 1 rings (SSSR count). The SMILES string of the molecule is C=C(C[C@H](CCCCCC)[C@@H](C[C@@H](C)OC)C(C)(C)c1ccc(OC)cc1)OC(C)=O. The Hall–Kier alpha value is -1.81. The zero-order valence-corrected chi connectivity index (χ0v) is 20.8. The lowest BCUT2D eigenvalue weighted by Gasteiger charge is -2.42. The third kappa shape index (κ3) is 9.06. The molecule has 0 bridgehead atoms. The molecule has 0 unspecified atom stereocenters. The maximum absolute atomic E-state index is 11.5. The van der Waals surface area contributed by atoms with Crippen LogP contribution in [-0.2, 0) is 19.7 Å². The fourth-order valence-electron chi connectivity index (χ4n) is 4.58. The van der Waals surface area contributed by atoms with Gasteiger partial charge >= 0.3 is 5.97 Å². The van der Waals surface area contributed by atoms with Gasteiger partial charge in [0.25, 0.3) is 0 Å². The van der Waals surface area contributed by atoms with Crippen molar-refractivity contribution in [2.75, 3.05) is 14.2 Å². The topological polar surface area (TPSA) is 44.8 Å². The number of methoxy groups -OCH3 is 2. The summed E-state index contributed by atoms with van der Waals surface area (Å²) in [4.78, 5) is 11.5. The number of rotatable bonds is 15. The standard InChI is InChI=1S/C27H44O4/c1-9-10-11-12-13-23(18-21(3)31-22(4)28)26(19-20(2)29-7)27(5,6)24-14-16-25(30-8)17-15-24/h14-17,20,23,26H,3,9-13,18-19H2,1-2,4-8H3/t20-,23+,26-/m1/s1. The van der Waals surface area contributed by atoms with Gasteiger partial charge < -0.3 is 14.2 Å². The predicted molar refractivity (Wildman–Crippen MR) is 128 cm³/mol. The van der Waals surface area contributed by atoms with Crippen molar-refractivity contribution in [1.82, 2.24) is 0 Å². The lowest BCUT2D eigenvalue weighted by molar-refractivity contribution is -0.137. The molecule has 0 aliphatic carbocycles. The number of hydrogen-bond acceptors (Lipinski definition) is 4. The summed E-state index contributed by atoms with van der Waals surface area (Å²) in [5.74, 6) is 1.81. The van der Waals surface area contributed by atoms with Crippen LogP contribution < -0.4 is 4.74 Å². The molecule has 31 heavy (non-hydrogen) atoms. The van der Waals surface area contributed by atoms with Gasteiger partial charge in [0, 0.05) is 20.5 Å². The van der Waals surface area contributed by atoms with Gasteiger partial charge in [-0.25, -0.2) is 0 Å². The molecule has 0 amide bonds. The quantitative estimate of drug-likeness (QED) is 0.169. The molecule has 0 aromatic heterocycles. The highest BCUT2D eigenvalue weighted by atomic mass is 16.5. The second-order valence-corrected chi connectivity index (χ2v) is 9.28. The normalized spacial score (nSPS) is 14.5. The van der Waals surface area contributed by atoms with E-state index >= 15 is 0 Å². The number of carbonyl (C=O) groups excluding carboxylic acids is 1. The molecular weight excluding hydrogens is 388 g/mol. The van der Waals surface area contributed by atoms with Crippen molar-refractivity contribution in [3.05, 3.63) is 42.2 Å². The molecule has 0 fully saturated rings. The highest BCUT2D eigenvalue weighted by Gasteiger charge is 2.38. The van der Waals surface area contributed by atoms with Crippen LogP contribution in [0.2, 0.25) is 0 Å². The molecule has 0 spiro atoms. The van der Waals surface area contributed by atoms with E-state index in [1.54, 1.807) is 14.2 Å². The molecule has 3 atom stereocenters. The van der Waals surface area contributed by atoms with Crippen LogP contribution >= 0.6 is 0 Å². The Morgan fingerprint density at radius 3 is 2.26 bits per heavy atom. The van der Waals surface area contributed by atoms with Crippen molar-refractivity contribution in [2.45, 2.75) is 91.1 Å². The summed E-state index contributed by atoms with van der Waals surface area (Å²) in [5.41, 5.74) is 1.18. The zero-order chi connectivity index (χ0) is 23.4. The molecule has 4 heteroatoms. The van der Waals surface area contributed by atoms with Gasteiger partial charge in [0.15, 0.2) is 0 Å². The number of esters is 1. The van der Waals surface area contributed by atoms with Gasteiger partial charge in [-0.2, -0.15) is 0 Å². The van der Waals surface area contributed by atoms with Crippen molar-refractivity contribution < 1.29 is 19.0 Å². The van der Waals surface area contributed by atoms with E-state index in [9.17, 15) is 4.79 Å². The lowest BCUT2D eigenvalue weighted by Crippen LogP contribution is -2.37. The Kier molecular flexibility index (Phi) is 11.9. The van der Waals surface area contributed by atoms with Crippen LogP contribution in [0.4, 0.5) is 0 Å². The molecule has 0 N–H and O–H groups in total. The van der Waals surface area contributed by atoms with Crippen LogP contribution in [0.25, 0.3) is 0 Å². The molecule has 176 valence electrons. The first kappa shape index (κ1) is 27.2. The van der Waals surface area contributed by atoms with Gasteiger partial charge in [0.1, 0.15) is 11.5 Å². The van der Waals surface area contributed by atoms with Crippen molar-refractivity contribution in [3.63, 3.8) is 0 Å². The molecule has 0 saturated carbocycles. The van der Waals surface area contributed by atoms with Gasteiger partial charge in [-0.05, 0) is 54.7 Å². The first-order chi connectivity index (χ1) is 14.6.